The molecule has 2 heterocycles. The zero-order valence-corrected chi connectivity index (χ0v) is 15.7. The van der Waals surface area contributed by atoms with Crippen molar-refractivity contribution in [3.63, 3.8) is 0 Å². The highest BCUT2D eigenvalue weighted by Gasteiger charge is 2.31. The van der Waals surface area contributed by atoms with Crippen LogP contribution in [0.25, 0.3) is 0 Å². The third-order valence-electron chi connectivity index (χ3n) is 4.96. The molecule has 0 radical (unpaired) electrons. The fourth-order valence-electron chi connectivity index (χ4n) is 3.51. The van der Waals surface area contributed by atoms with Gasteiger partial charge >= 0.3 is 0 Å². The Morgan fingerprint density at radius 1 is 1.04 bits per heavy atom. The number of tetrazole rings is 1. The lowest BCUT2D eigenvalue weighted by Gasteiger charge is -2.35. The minimum absolute atomic E-state index is 0.0404. The second-order valence-electron chi connectivity index (χ2n) is 6.89. The van der Waals surface area contributed by atoms with Gasteiger partial charge in [-0.2, -0.15) is 0 Å². The number of rotatable bonds is 7. The van der Waals surface area contributed by atoms with Crippen LogP contribution in [0.2, 0.25) is 0 Å². The largest absolute Gasteiger partial charge is 0.494 e. The zero-order chi connectivity index (χ0) is 18.5. The average Bonchev–Trinajstić information content (AvgIpc) is 3.18. The van der Waals surface area contributed by atoms with Gasteiger partial charge in [-0.25, -0.2) is 4.68 Å². The lowest BCUT2D eigenvalue weighted by atomic mass is 10.0. The van der Waals surface area contributed by atoms with E-state index in [9.17, 15) is 0 Å². The molecule has 1 atom stereocenters. The maximum Gasteiger partial charge on any atom is 0.173 e. The molecule has 1 aliphatic rings. The maximum atomic E-state index is 5.81. The zero-order valence-electron chi connectivity index (χ0n) is 15.7. The summed E-state index contributed by atoms with van der Waals surface area (Å²) in [4.78, 5) is 2.44. The Bertz CT molecular complexity index is 847. The number of benzene rings is 2. The summed E-state index contributed by atoms with van der Waals surface area (Å²) >= 11 is 0. The summed E-state index contributed by atoms with van der Waals surface area (Å²) in [5.41, 5.74) is 2.48. The van der Waals surface area contributed by atoms with Gasteiger partial charge in [0.15, 0.2) is 5.82 Å². The fourth-order valence-corrected chi connectivity index (χ4v) is 3.51. The molecule has 1 aliphatic heterocycles. The van der Waals surface area contributed by atoms with E-state index in [-0.39, 0.29) is 6.04 Å². The molecule has 27 heavy (non-hydrogen) atoms. The molecule has 140 valence electrons. The molecule has 0 unspecified atom stereocenters. The van der Waals surface area contributed by atoms with Gasteiger partial charge in [0.25, 0.3) is 0 Å². The molecule has 0 N–H and O–H groups in total. The summed E-state index contributed by atoms with van der Waals surface area (Å²) in [6.07, 6.45) is 2.21. The van der Waals surface area contributed by atoms with E-state index in [2.05, 4.69) is 81.9 Å². The van der Waals surface area contributed by atoms with Crippen LogP contribution in [0.5, 0.6) is 5.75 Å². The van der Waals surface area contributed by atoms with Crippen LogP contribution in [0.3, 0.4) is 0 Å². The van der Waals surface area contributed by atoms with Crippen molar-refractivity contribution in [1.29, 1.82) is 0 Å². The van der Waals surface area contributed by atoms with Crippen molar-refractivity contribution in [3.05, 3.63) is 71.5 Å². The van der Waals surface area contributed by atoms with Crippen molar-refractivity contribution in [2.45, 2.75) is 38.9 Å². The third kappa shape index (κ3) is 4.01. The smallest absolute Gasteiger partial charge is 0.173 e. The Kier molecular flexibility index (Phi) is 5.44. The molecule has 0 aliphatic carbocycles. The first-order valence-electron chi connectivity index (χ1n) is 9.62. The SMILES string of the molecule is CCCCOc1ccc([C@H]2c3nnnn3CCN2Cc2ccccc2)cc1. The average molecular weight is 363 g/mol. The Labute approximate surface area is 159 Å². The highest BCUT2D eigenvalue weighted by molar-refractivity contribution is 5.32. The van der Waals surface area contributed by atoms with Gasteiger partial charge in [0.05, 0.1) is 19.2 Å². The van der Waals surface area contributed by atoms with Gasteiger partial charge in [0, 0.05) is 13.1 Å². The number of fused-ring (bicyclic) bond motifs is 1. The van der Waals surface area contributed by atoms with Crippen LogP contribution >= 0.6 is 0 Å². The van der Waals surface area contributed by atoms with E-state index in [1.165, 1.54) is 11.1 Å². The number of unbranched alkanes of at least 4 members (excludes halogenated alkanes) is 1. The van der Waals surface area contributed by atoms with E-state index < -0.39 is 0 Å². The van der Waals surface area contributed by atoms with Crippen molar-refractivity contribution >= 4 is 0 Å². The van der Waals surface area contributed by atoms with Gasteiger partial charge in [-0.05, 0) is 40.1 Å². The molecule has 6 nitrogen and oxygen atoms in total. The van der Waals surface area contributed by atoms with Crippen molar-refractivity contribution in [2.24, 2.45) is 0 Å². The Morgan fingerprint density at radius 3 is 2.63 bits per heavy atom. The second-order valence-corrected chi connectivity index (χ2v) is 6.89. The second kappa shape index (κ2) is 8.31. The summed E-state index contributed by atoms with van der Waals surface area (Å²) in [5.74, 6) is 1.81. The molecule has 3 aromatic rings. The van der Waals surface area contributed by atoms with E-state index in [0.29, 0.717) is 0 Å². The van der Waals surface area contributed by atoms with Gasteiger partial charge in [0.2, 0.25) is 0 Å². The van der Waals surface area contributed by atoms with E-state index in [0.717, 1.165) is 50.7 Å². The van der Waals surface area contributed by atoms with Crippen LogP contribution in [0.15, 0.2) is 54.6 Å². The highest BCUT2D eigenvalue weighted by atomic mass is 16.5. The highest BCUT2D eigenvalue weighted by Crippen LogP contribution is 2.32. The Hall–Kier alpha value is -2.73. The summed E-state index contributed by atoms with van der Waals surface area (Å²) < 4.78 is 7.72. The van der Waals surface area contributed by atoms with Crippen LogP contribution in [-0.4, -0.2) is 38.3 Å². The first-order chi connectivity index (χ1) is 13.3. The number of hydrogen-bond donors (Lipinski definition) is 0. The summed E-state index contributed by atoms with van der Waals surface area (Å²) in [6.45, 7) is 5.52. The monoisotopic (exact) mass is 363 g/mol. The molecule has 0 bridgehead atoms. The van der Waals surface area contributed by atoms with Gasteiger partial charge in [-0.3, -0.25) is 4.90 Å². The van der Waals surface area contributed by atoms with E-state index in [4.69, 9.17) is 4.74 Å². The summed E-state index contributed by atoms with van der Waals surface area (Å²) in [7, 11) is 0. The van der Waals surface area contributed by atoms with Gasteiger partial charge in [0.1, 0.15) is 5.75 Å². The quantitative estimate of drug-likeness (QED) is 0.602. The van der Waals surface area contributed by atoms with Crippen molar-refractivity contribution in [3.8, 4) is 5.75 Å². The Morgan fingerprint density at radius 2 is 1.85 bits per heavy atom. The van der Waals surface area contributed by atoms with Crippen LogP contribution in [0, 0.1) is 0 Å². The number of aromatic nitrogens is 4. The van der Waals surface area contributed by atoms with Crippen molar-refractivity contribution in [2.75, 3.05) is 13.2 Å². The van der Waals surface area contributed by atoms with Crippen LogP contribution < -0.4 is 4.74 Å². The number of nitrogens with zero attached hydrogens (tertiary/aromatic N) is 5. The summed E-state index contributed by atoms with van der Waals surface area (Å²) in [6, 6.07) is 19.0. The van der Waals surface area contributed by atoms with Crippen molar-refractivity contribution in [1.82, 2.24) is 25.1 Å². The first kappa shape index (κ1) is 17.7. The van der Waals surface area contributed by atoms with Crippen molar-refractivity contribution < 1.29 is 4.74 Å². The van der Waals surface area contributed by atoms with Gasteiger partial charge in [-0.1, -0.05) is 55.8 Å². The molecule has 0 fully saturated rings. The molecule has 0 amide bonds. The molecule has 6 heteroatoms. The van der Waals surface area contributed by atoms with Gasteiger partial charge in [-0.15, -0.1) is 5.10 Å². The standard InChI is InChI=1S/C21H25N5O/c1-2-3-15-27-19-11-9-18(10-12-19)20-21-22-23-24-26(21)14-13-25(20)16-17-7-5-4-6-8-17/h4-12,20H,2-3,13-16H2,1H3/t20-/m0/s1. The molecule has 1 aromatic heterocycles. The van der Waals surface area contributed by atoms with Crippen LogP contribution in [0.1, 0.15) is 42.8 Å². The van der Waals surface area contributed by atoms with Crippen LogP contribution in [-0.2, 0) is 13.1 Å². The van der Waals surface area contributed by atoms with E-state index in [1.807, 2.05) is 4.68 Å². The molecule has 2 aromatic carbocycles. The first-order valence-corrected chi connectivity index (χ1v) is 9.62. The predicted octanol–water partition coefficient (Wildman–Crippen LogP) is 3.46. The molecule has 0 spiro atoms. The normalized spacial score (nSPS) is 16.9. The minimum atomic E-state index is 0.0404. The number of ether oxygens (including phenoxy) is 1. The molecule has 4 rings (SSSR count). The van der Waals surface area contributed by atoms with E-state index >= 15 is 0 Å². The Balaban J connectivity index is 1.58. The maximum absolute atomic E-state index is 5.81. The van der Waals surface area contributed by atoms with E-state index in [1.54, 1.807) is 0 Å². The molecule has 0 saturated heterocycles. The molecular weight excluding hydrogens is 338 g/mol. The predicted molar refractivity (Wildman–Crippen MR) is 103 cm³/mol. The van der Waals surface area contributed by atoms with Gasteiger partial charge < -0.3 is 4.74 Å². The van der Waals surface area contributed by atoms with Crippen LogP contribution in [0.4, 0.5) is 0 Å². The molecule has 0 saturated carbocycles. The minimum Gasteiger partial charge on any atom is -0.494 e. The number of hydrogen-bond acceptors (Lipinski definition) is 5. The third-order valence-corrected chi connectivity index (χ3v) is 4.96. The fraction of sp³-hybridized carbons (Fsp3) is 0.381. The lowest BCUT2D eigenvalue weighted by molar-refractivity contribution is 0.164. The summed E-state index contributed by atoms with van der Waals surface area (Å²) in [5, 5.41) is 12.4. The topological polar surface area (TPSA) is 56.1 Å². The molecular formula is C21H25N5O. The lowest BCUT2D eigenvalue weighted by Crippen LogP contribution is -2.38.